The number of carbonyl (C=O) groups excluding carboxylic acids is 1. The molecule has 0 aliphatic carbocycles. The highest BCUT2D eigenvalue weighted by Gasteiger charge is 2.20. The maximum absolute atomic E-state index is 12.7. The molecular weight excluding hydrogens is 582 g/mol. The molecule has 13 heteroatoms. The first kappa shape index (κ1) is 30.5. The molecule has 0 aliphatic rings. The fourth-order valence-electron chi connectivity index (χ4n) is 3.85. The highest BCUT2D eigenvalue weighted by Crippen LogP contribution is 2.43. The van der Waals surface area contributed by atoms with Crippen LogP contribution >= 0.6 is 23.1 Å². The van der Waals surface area contributed by atoms with Gasteiger partial charge in [-0.1, -0.05) is 46.5 Å². The number of benzene rings is 3. The van der Waals surface area contributed by atoms with Crippen molar-refractivity contribution in [3.63, 3.8) is 0 Å². The van der Waals surface area contributed by atoms with Crippen molar-refractivity contribution in [1.82, 2.24) is 10.2 Å². The highest BCUT2D eigenvalue weighted by atomic mass is 32.2. The molecule has 0 aliphatic heterocycles. The molecule has 1 heterocycles. The Morgan fingerprint density at radius 2 is 1.29 bits per heavy atom. The summed E-state index contributed by atoms with van der Waals surface area (Å²) in [5.74, 6) is 2.48. The molecule has 1 aromatic heterocycles. The Hall–Kier alpha value is -4.49. The van der Waals surface area contributed by atoms with E-state index >= 15 is 0 Å². The zero-order valence-electron chi connectivity index (χ0n) is 23.8. The number of hydrogen-bond acceptors (Lipinski definition) is 13. The summed E-state index contributed by atoms with van der Waals surface area (Å²) in [6.45, 7) is 0. The van der Waals surface area contributed by atoms with Crippen molar-refractivity contribution in [2.45, 2.75) is 4.34 Å². The number of nitrogens with zero attached hydrogens (tertiary/aromatic N) is 3. The molecule has 0 N–H and O–H groups in total. The van der Waals surface area contributed by atoms with Gasteiger partial charge in [0, 0.05) is 16.9 Å². The summed E-state index contributed by atoms with van der Waals surface area (Å²) in [6.07, 6.45) is 0. The van der Waals surface area contributed by atoms with E-state index in [-0.39, 0.29) is 5.75 Å². The monoisotopic (exact) mass is 611 g/mol. The first-order valence-corrected chi connectivity index (χ1v) is 14.2. The van der Waals surface area contributed by atoms with E-state index in [1.807, 2.05) is 18.2 Å². The molecule has 0 fully saturated rings. The molecule has 4 aromatic rings. The number of hydrogen-bond donors (Lipinski definition) is 0. The van der Waals surface area contributed by atoms with Gasteiger partial charge in [-0.3, -0.25) is 0 Å². The van der Waals surface area contributed by atoms with Crippen LogP contribution in [0, 0.1) is 0 Å². The van der Waals surface area contributed by atoms with Crippen molar-refractivity contribution in [1.29, 1.82) is 0 Å². The summed E-state index contributed by atoms with van der Waals surface area (Å²) in [5.41, 5.74) is 2.17. The molecule has 3 aromatic carbocycles. The summed E-state index contributed by atoms with van der Waals surface area (Å²) in [4.78, 5) is 18.0. The number of carbonyl (C=O) groups is 1. The average molecular weight is 612 g/mol. The number of oxime groups is 1. The second kappa shape index (κ2) is 14.4. The second-order valence-corrected chi connectivity index (χ2v) is 10.5. The molecule has 0 saturated carbocycles. The van der Waals surface area contributed by atoms with E-state index in [1.165, 1.54) is 44.4 Å². The van der Waals surface area contributed by atoms with Crippen molar-refractivity contribution < 1.29 is 38.1 Å². The van der Waals surface area contributed by atoms with Crippen molar-refractivity contribution in [3.8, 4) is 45.1 Å². The topological polar surface area (TPSA) is 120 Å². The normalized spacial score (nSPS) is 11.0. The van der Waals surface area contributed by atoms with Crippen LogP contribution in [0.15, 0.2) is 64.1 Å². The minimum atomic E-state index is -0.592. The SMILES string of the molecule is COc1cc(/C(CSc2nnc(-c3cc(OC)c(OC)c(OC)c3)s2)=N/OC(=O)c2ccccc2)cc(OC)c1OC. The van der Waals surface area contributed by atoms with Crippen LogP contribution in [-0.4, -0.2) is 70.3 Å². The number of rotatable bonds is 13. The lowest BCUT2D eigenvalue weighted by Gasteiger charge is -2.14. The van der Waals surface area contributed by atoms with Crippen LogP contribution in [0.4, 0.5) is 0 Å². The first-order valence-electron chi connectivity index (χ1n) is 12.4. The van der Waals surface area contributed by atoms with Crippen LogP contribution in [0.1, 0.15) is 15.9 Å². The number of methoxy groups -OCH3 is 6. The molecule has 42 heavy (non-hydrogen) atoms. The van der Waals surface area contributed by atoms with Gasteiger partial charge in [0.1, 0.15) is 5.01 Å². The Morgan fingerprint density at radius 3 is 1.81 bits per heavy atom. The molecule has 0 amide bonds. The van der Waals surface area contributed by atoms with Crippen molar-refractivity contribution in [2.75, 3.05) is 48.4 Å². The molecular formula is C29H29N3O8S2. The predicted molar refractivity (Wildman–Crippen MR) is 160 cm³/mol. The zero-order valence-corrected chi connectivity index (χ0v) is 25.5. The van der Waals surface area contributed by atoms with Gasteiger partial charge in [-0.2, -0.15) is 0 Å². The van der Waals surface area contributed by atoms with Gasteiger partial charge in [0.05, 0.1) is 53.9 Å². The maximum atomic E-state index is 12.7. The Bertz CT molecular complexity index is 1510. The van der Waals surface area contributed by atoms with E-state index in [0.29, 0.717) is 60.7 Å². The van der Waals surface area contributed by atoms with E-state index in [4.69, 9.17) is 33.3 Å². The third kappa shape index (κ3) is 6.86. The molecule has 11 nitrogen and oxygen atoms in total. The highest BCUT2D eigenvalue weighted by molar-refractivity contribution is 8.01. The molecule has 0 bridgehead atoms. The summed E-state index contributed by atoms with van der Waals surface area (Å²) in [6, 6.07) is 15.7. The van der Waals surface area contributed by atoms with Gasteiger partial charge in [-0.15, -0.1) is 10.2 Å². The van der Waals surface area contributed by atoms with Crippen LogP contribution in [0.25, 0.3) is 10.6 Å². The fourth-order valence-corrected chi connectivity index (χ4v) is 5.64. The number of aromatic nitrogens is 2. The van der Waals surface area contributed by atoms with Gasteiger partial charge < -0.3 is 33.3 Å². The van der Waals surface area contributed by atoms with Gasteiger partial charge >= 0.3 is 5.97 Å². The number of ether oxygens (including phenoxy) is 6. The van der Waals surface area contributed by atoms with E-state index in [1.54, 1.807) is 57.7 Å². The van der Waals surface area contributed by atoms with Gasteiger partial charge in [-0.05, 0) is 36.4 Å². The third-order valence-corrected chi connectivity index (χ3v) is 8.01. The lowest BCUT2D eigenvalue weighted by molar-refractivity contribution is 0.0516. The largest absolute Gasteiger partial charge is 0.493 e. The second-order valence-electron chi connectivity index (χ2n) is 8.27. The lowest BCUT2D eigenvalue weighted by Crippen LogP contribution is -2.10. The van der Waals surface area contributed by atoms with Crippen LogP contribution in [-0.2, 0) is 4.84 Å². The smallest absolute Gasteiger partial charge is 0.365 e. The average Bonchev–Trinajstić information content (AvgIpc) is 3.52. The predicted octanol–water partition coefficient (Wildman–Crippen LogP) is 5.61. The molecule has 0 atom stereocenters. The first-order chi connectivity index (χ1) is 20.5. The van der Waals surface area contributed by atoms with Crippen molar-refractivity contribution in [2.24, 2.45) is 5.16 Å². The molecule has 0 radical (unpaired) electrons. The molecule has 0 saturated heterocycles. The van der Waals surface area contributed by atoms with E-state index in [9.17, 15) is 4.79 Å². The maximum Gasteiger partial charge on any atom is 0.365 e. The molecule has 0 spiro atoms. The molecule has 0 unspecified atom stereocenters. The third-order valence-electron chi connectivity index (χ3n) is 5.90. The Labute approximate surface area is 251 Å². The van der Waals surface area contributed by atoms with Gasteiger partial charge in [0.15, 0.2) is 27.3 Å². The standard InChI is InChI=1S/C29H29N3O8S2/c1-34-21-12-18(13-22(35-2)25(21)38-5)20(32-40-28(33)17-10-8-7-9-11-17)16-41-29-31-30-27(42-29)19-14-23(36-3)26(39-6)24(15-19)37-4/h7-15H,16H2,1-6H3/b32-20+. The van der Waals surface area contributed by atoms with E-state index in [2.05, 4.69) is 15.4 Å². The van der Waals surface area contributed by atoms with Crippen LogP contribution in [0.2, 0.25) is 0 Å². The quantitative estimate of drug-likeness (QED) is 0.0812. The van der Waals surface area contributed by atoms with Crippen molar-refractivity contribution in [3.05, 3.63) is 65.7 Å². The van der Waals surface area contributed by atoms with Crippen LogP contribution in [0.5, 0.6) is 34.5 Å². The summed E-state index contributed by atoms with van der Waals surface area (Å²) >= 11 is 2.75. The van der Waals surface area contributed by atoms with E-state index in [0.717, 1.165) is 5.56 Å². The van der Waals surface area contributed by atoms with Crippen LogP contribution in [0.3, 0.4) is 0 Å². The number of thioether (sulfide) groups is 1. The fraction of sp³-hybridized carbons (Fsp3) is 0.241. The van der Waals surface area contributed by atoms with Gasteiger partial charge in [0.25, 0.3) is 0 Å². The summed E-state index contributed by atoms with van der Waals surface area (Å²) in [7, 11) is 9.22. The lowest BCUT2D eigenvalue weighted by atomic mass is 10.1. The minimum Gasteiger partial charge on any atom is -0.493 e. The minimum absolute atomic E-state index is 0.282. The van der Waals surface area contributed by atoms with Gasteiger partial charge in [-0.25, -0.2) is 4.79 Å². The summed E-state index contributed by atoms with van der Waals surface area (Å²) < 4.78 is 33.5. The Kier molecular flexibility index (Phi) is 10.5. The Morgan fingerprint density at radius 1 is 0.738 bits per heavy atom. The van der Waals surface area contributed by atoms with Crippen LogP contribution < -0.4 is 28.4 Å². The van der Waals surface area contributed by atoms with Crippen molar-refractivity contribution >= 4 is 34.8 Å². The van der Waals surface area contributed by atoms with Gasteiger partial charge in [0.2, 0.25) is 11.5 Å². The molecule has 4 rings (SSSR count). The summed E-state index contributed by atoms with van der Waals surface area (Å²) in [5, 5.41) is 13.6. The Balaban J connectivity index is 1.64. The zero-order chi connectivity index (χ0) is 30.1. The molecule has 220 valence electrons. The van der Waals surface area contributed by atoms with E-state index < -0.39 is 5.97 Å².